The molecule has 0 bridgehead atoms. The number of hydrogen-bond donors (Lipinski definition) is 1. The molecule has 0 aliphatic carbocycles. The van der Waals surface area contributed by atoms with Crippen LogP contribution in [0.15, 0.2) is 71.6 Å². The summed E-state index contributed by atoms with van der Waals surface area (Å²) in [5, 5.41) is 11.0. The van der Waals surface area contributed by atoms with Gasteiger partial charge in [-0.3, -0.25) is 9.59 Å². The molecule has 0 saturated heterocycles. The molecule has 0 saturated carbocycles. The van der Waals surface area contributed by atoms with E-state index in [1.807, 2.05) is 58.9 Å². The van der Waals surface area contributed by atoms with Crippen molar-refractivity contribution in [2.45, 2.75) is 57.8 Å². The van der Waals surface area contributed by atoms with Gasteiger partial charge in [0, 0.05) is 10.8 Å². The van der Waals surface area contributed by atoms with Crippen LogP contribution in [-0.2, 0) is 20.2 Å². The Bertz CT molecular complexity index is 1650. The number of carboxylic acids is 1. The summed E-state index contributed by atoms with van der Waals surface area (Å²) in [5.74, 6) is -2.97. The van der Waals surface area contributed by atoms with Crippen molar-refractivity contribution in [3.8, 4) is 0 Å². The van der Waals surface area contributed by atoms with E-state index in [0.717, 1.165) is 15.4 Å². The molecule has 204 valence electrons. The molecule has 0 aliphatic rings. The molecule has 0 fully saturated rings. The average molecular weight is 547 g/mol. The van der Waals surface area contributed by atoms with Gasteiger partial charge in [0.05, 0.1) is 34.0 Å². The van der Waals surface area contributed by atoms with Crippen LogP contribution < -0.4 is 0 Å². The highest BCUT2D eigenvalue weighted by atomic mass is 32.2. The molecule has 1 aromatic heterocycles. The fourth-order valence-electron chi connectivity index (χ4n) is 4.88. The number of carbonyl (C=O) groups is 2. The van der Waals surface area contributed by atoms with Crippen LogP contribution in [0.25, 0.3) is 21.8 Å². The van der Waals surface area contributed by atoms with Gasteiger partial charge in [-0.25, -0.2) is 17.7 Å². The van der Waals surface area contributed by atoms with Crippen LogP contribution in [0.3, 0.4) is 0 Å². The molecule has 39 heavy (non-hydrogen) atoms. The Morgan fingerprint density at radius 1 is 0.949 bits per heavy atom. The maximum absolute atomic E-state index is 14.6. The molecule has 4 aromatic rings. The van der Waals surface area contributed by atoms with Crippen molar-refractivity contribution in [2.24, 2.45) is 5.92 Å². The first-order valence-corrected chi connectivity index (χ1v) is 14.5. The summed E-state index contributed by atoms with van der Waals surface area (Å²) in [7, 11) is -4.40. The number of aryl methyl sites for hydroxylation is 1. The number of carbonyl (C=O) groups excluding carboxylic acids is 1. The van der Waals surface area contributed by atoms with E-state index < -0.39 is 34.4 Å². The molecule has 3 aromatic carbocycles. The van der Waals surface area contributed by atoms with Crippen LogP contribution >= 0.6 is 0 Å². The van der Waals surface area contributed by atoms with Crippen molar-refractivity contribution in [1.82, 2.24) is 9.29 Å². The van der Waals surface area contributed by atoms with E-state index in [1.165, 1.54) is 12.1 Å². The first-order chi connectivity index (χ1) is 18.4. The van der Waals surface area contributed by atoms with E-state index in [1.54, 1.807) is 30.3 Å². The first kappa shape index (κ1) is 28.2. The van der Waals surface area contributed by atoms with Crippen LogP contribution in [0, 0.1) is 12.8 Å². The predicted octanol–water partition coefficient (Wildman–Crippen LogP) is 6.33. The van der Waals surface area contributed by atoms with E-state index in [-0.39, 0.29) is 22.3 Å². The van der Waals surface area contributed by atoms with Crippen molar-refractivity contribution < 1.29 is 23.1 Å². The average Bonchev–Trinajstić information content (AvgIpc) is 2.88. The number of hydrogen-bond acceptors (Lipinski definition) is 5. The summed E-state index contributed by atoms with van der Waals surface area (Å²) in [6.07, 6.45) is 0.756. The fraction of sp³-hybridized carbons (Fsp3) is 0.323. The maximum atomic E-state index is 14.6. The Morgan fingerprint density at radius 2 is 1.59 bits per heavy atom. The van der Waals surface area contributed by atoms with E-state index in [4.69, 9.17) is 4.98 Å². The summed E-state index contributed by atoms with van der Waals surface area (Å²) in [6.45, 7) is 9.25. The second kappa shape index (κ2) is 10.8. The third-order valence-corrected chi connectivity index (χ3v) is 8.70. The van der Waals surface area contributed by atoms with Gasteiger partial charge in [-0.05, 0) is 48.6 Å². The van der Waals surface area contributed by atoms with Gasteiger partial charge < -0.3 is 5.11 Å². The van der Waals surface area contributed by atoms with Gasteiger partial charge >= 0.3 is 5.97 Å². The SMILES string of the molecule is CCCC(CN(C(=O)c1c2ccccc2nc2cccc(C(C)(C)C)c12)S(=O)(=O)c1ccc(C)cc1)C(=O)O. The Hall–Kier alpha value is -3.78. The maximum Gasteiger partial charge on any atom is 0.308 e. The number of benzene rings is 3. The first-order valence-electron chi connectivity index (χ1n) is 13.0. The number of nitrogens with zero attached hydrogens (tertiary/aromatic N) is 2. The molecule has 8 heteroatoms. The van der Waals surface area contributed by atoms with E-state index in [2.05, 4.69) is 0 Å². The lowest BCUT2D eigenvalue weighted by atomic mass is 9.82. The lowest BCUT2D eigenvalue weighted by Gasteiger charge is -2.28. The van der Waals surface area contributed by atoms with Crippen molar-refractivity contribution >= 4 is 43.7 Å². The minimum atomic E-state index is -4.40. The summed E-state index contributed by atoms with van der Waals surface area (Å²) >= 11 is 0. The number of amides is 1. The Morgan fingerprint density at radius 3 is 2.21 bits per heavy atom. The van der Waals surface area contributed by atoms with Crippen molar-refractivity contribution in [2.75, 3.05) is 6.54 Å². The highest BCUT2D eigenvalue weighted by Crippen LogP contribution is 2.36. The zero-order chi connectivity index (χ0) is 28.5. The number of aliphatic carboxylic acids is 1. The third-order valence-electron chi connectivity index (χ3n) is 6.94. The lowest BCUT2D eigenvalue weighted by molar-refractivity contribution is -0.142. The van der Waals surface area contributed by atoms with Gasteiger partial charge in [0.15, 0.2) is 0 Å². The standard InChI is InChI=1S/C31H34N2O5S/c1-6-10-21(30(35)36)19-33(39(37,38)22-17-15-20(2)16-18-22)29(34)27-23-11-7-8-13-25(23)32-26-14-9-12-24(28(26)27)31(3,4)5/h7-9,11-18,21H,6,10,19H2,1-5H3,(H,35,36). The van der Waals surface area contributed by atoms with Gasteiger partial charge in [0.1, 0.15) is 0 Å². The molecule has 1 unspecified atom stereocenters. The quantitative estimate of drug-likeness (QED) is 0.259. The molecule has 1 atom stereocenters. The third kappa shape index (κ3) is 5.52. The number of sulfonamides is 1. The topological polar surface area (TPSA) is 105 Å². The molecule has 4 rings (SSSR count). The number of rotatable bonds is 8. The van der Waals surface area contributed by atoms with Gasteiger partial charge in [0.25, 0.3) is 15.9 Å². The van der Waals surface area contributed by atoms with Crippen LogP contribution in [0.5, 0.6) is 0 Å². The number of para-hydroxylation sites is 1. The highest BCUT2D eigenvalue weighted by molar-refractivity contribution is 7.89. The Balaban J connectivity index is 2.06. The Labute approximate surface area is 229 Å². The fourth-order valence-corrected chi connectivity index (χ4v) is 6.30. The molecule has 0 radical (unpaired) electrons. The number of pyridine rings is 1. The Kier molecular flexibility index (Phi) is 7.80. The van der Waals surface area contributed by atoms with Gasteiger partial charge in [-0.15, -0.1) is 0 Å². The van der Waals surface area contributed by atoms with E-state index in [9.17, 15) is 23.1 Å². The zero-order valence-corrected chi connectivity index (χ0v) is 23.7. The molecule has 7 nitrogen and oxygen atoms in total. The molecule has 1 amide bonds. The van der Waals surface area contributed by atoms with Crippen LogP contribution in [0.1, 0.15) is 62.0 Å². The summed E-state index contributed by atoms with van der Waals surface area (Å²) in [4.78, 5) is 31.5. The van der Waals surface area contributed by atoms with E-state index >= 15 is 0 Å². The molecule has 1 heterocycles. The number of fused-ring (bicyclic) bond motifs is 2. The normalized spacial score (nSPS) is 12.9. The van der Waals surface area contributed by atoms with Gasteiger partial charge in [0.2, 0.25) is 0 Å². The monoisotopic (exact) mass is 546 g/mol. The lowest BCUT2D eigenvalue weighted by Crippen LogP contribution is -2.42. The zero-order valence-electron chi connectivity index (χ0n) is 22.9. The minimum Gasteiger partial charge on any atom is -0.481 e. The van der Waals surface area contributed by atoms with Crippen LogP contribution in [0.4, 0.5) is 0 Å². The molecular weight excluding hydrogens is 512 g/mol. The largest absolute Gasteiger partial charge is 0.481 e. The second-order valence-electron chi connectivity index (χ2n) is 10.9. The predicted molar refractivity (Wildman–Crippen MR) is 153 cm³/mol. The van der Waals surface area contributed by atoms with Crippen LogP contribution in [0.2, 0.25) is 0 Å². The van der Waals surface area contributed by atoms with E-state index in [0.29, 0.717) is 28.2 Å². The molecular formula is C31H34N2O5S. The molecule has 0 aliphatic heterocycles. The van der Waals surface area contributed by atoms with Crippen molar-refractivity contribution in [3.63, 3.8) is 0 Å². The highest BCUT2D eigenvalue weighted by Gasteiger charge is 2.36. The smallest absolute Gasteiger partial charge is 0.308 e. The van der Waals surface area contributed by atoms with Crippen molar-refractivity contribution in [3.05, 3.63) is 83.4 Å². The van der Waals surface area contributed by atoms with Gasteiger partial charge in [-0.2, -0.15) is 0 Å². The summed E-state index contributed by atoms with van der Waals surface area (Å²) < 4.78 is 28.9. The van der Waals surface area contributed by atoms with Gasteiger partial charge in [-0.1, -0.05) is 82.1 Å². The minimum absolute atomic E-state index is 0.0687. The molecule has 1 N–H and O–H groups in total. The summed E-state index contributed by atoms with van der Waals surface area (Å²) in [6, 6.07) is 19.0. The number of carboxylic acid groups (broad SMARTS) is 1. The van der Waals surface area contributed by atoms with Crippen molar-refractivity contribution in [1.29, 1.82) is 0 Å². The number of aromatic nitrogens is 1. The summed E-state index contributed by atoms with van der Waals surface area (Å²) in [5.41, 5.74) is 2.65. The second-order valence-corrected chi connectivity index (χ2v) is 12.8. The van der Waals surface area contributed by atoms with Crippen LogP contribution in [-0.4, -0.2) is 41.2 Å². The molecule has 0 spiro atoms.